The molecule has 8 heteroatoms. The molecule has 26 heavy (non-hydrogen) atoms. The molecule has 0 fully saturated rings. The molecule has 0 saturated heterocycles. The van der Waals surface area contributed by atoms with E-state index in [4.69, 9.17) is 9.47 Å². The van der Waals surface area contributed by atoms with Gasteiger partial charge in [0.05, 0.1) is 6.42 Å². The maximum Gasteiger partial charge on any atom is 0.228 e. The van der Waals surface area contributed by atoms with Crippen LogP contribution in [0.15, 0.2) is 28.7 Å². The first-order valence-corrected chi connectivity index (χ1v) is 8.68. The van der Waals surface area contributed by atoms with Gasteiger partial charge in [0.15, 0.2) is 23.1 Å². The number of carbonyl (C=O) groups excluding carboxylic acids is 1. The lowest BCUT2D eigenvalue weighted by atomic mass is 10.1. The second-order valence-corrected chi connectivity index (χ2v) is 6.85. The lowest BCUT2D eigenvalue weighted by Crippen LogP contribution is -2.18. The van der Waals surface area contributed by atoms with Crippen LogP contribution < -0.4 is 19.7 Å². The number of hydrogen-bond donors (Lipinski definition) is 1. The number of hydrogen-bond acceptors (Lipinski definition) is 4. The fraction of sp³-hybridized carbons (Fsp3) is 0.278. The van der Waals surface area contributed by atoms with E-state index >= 15 is 0 Å². The second kappa shape index (κ2) is 7.49. The summed E-state index contributed by atoms with van der Waals surface area (Å²) in [6.07, 6.45) is 0.00981. The highest BCUT2D eigenvalue weighted by Gasteiger charge is 2.18. The average molecular weight is 427 g/mol. The maximum atomic E-state index is 14.0. The minimum atomic E-state index is -0.745. The molecule has 5 nitrogen and oxygen atoms in total. The number of benzene rings is 2. The van der Waals surface area contributed by atoms with E-state index in [0.717, 1.165) is 12.1 Å². The standard InChI is InChI=1S/C18H17BrF2N2O3/c1-23(2)18-13(20)7-11(8-14(18)21)22-17(24)6-10-5-15-16(9-12(10)19)26-4-3-25-15/h5,7-9H,3-4,6H2,1-2H3,(H,22,24). The molecule has 2 aromatic rings. The van der Waals surface area contributed by atoms with Crippen molar-refractivity contribution in [3.63, 3.8) is 0 Å². The summed E-state index contributed by atoms with van der Waals surface area (Å²) in [7, 11) is 3.08. The first kappa shape index (κ1) is 18.4. The highest BCUT2D eigenvalue weighted by Crippen LogP contribution is 2.36. The van der Waals surface area contributed by atoms with E-state index in [2.05, 4.69) is 21.2 Å². The number of carbonyl (C=O) groups is 1. The first-order valence-electron chi connectivity index (χ1n) is 7.89. The molecule has 0 aromatic heterocycles. The summed E-state index contributed by atoms with van der Waals surface area (Å²) in [5.74, 6) is -0.722. The zero-order chi connectivity index (χ0) is 18.8. The van der Waals surface area contributed by atoms with Crippen molar-refractivity contribution in [1.29, 1.82) is 0 Å². The second-order valence-electron chi connectivity index (χ2n) is 6.00. The molecular weight excluding hydrogens is 410 g/mol. The fourth-order valence-electron chi connectivity index (χ4n) is 2.68. The zero-order valence-corrected chi connectivity index (χ0v) is 15.8. The van der Waals surface area contributed by atoms with Crippen molar-refractivity contribution in [2.24, 2.45) is 0 Å². The topological polar surface area (TPSA) is 50.8 Å². The van der Waals surface area contributed by atoms with E-state index in [-0.39, 0.29) is 17.8 Å². The Bertz CT molecular complexity index is 836. The van der Waals surface area contributed by atoms with Crippen molar-refractivity contribution in [3.8, 4) is 11.5 Å². The smallest absolute Gasteiger partial charge is 0.228 e. The van der Waals surface area contributed by atoms with E-state index in [0.29, 0.717) is 34.7 Å². The molecule has 0 aliphatic carbocycles. The van der Waals surface area contributed by atoms with E-state index < -0.39 is 17.5 Å². The lowest BCUT2D eigenvalue weighted by molar-refractivity contribution is -0.115. The molecule has 0 unspecified atom stereocenters. The van der Waals surface area contributed by atoms with Gasteiger partial charge < -0.3 is 19.7 Å². The number of ether oxygens (including phenoxy) is 2. The van der Waals surface area contributed by atoms with E-state index in [1.807, 2.05) is 0 Å². The molecule has 0 bridgehead atoms. The Kier molecular flexibility index (Phi) is 5.31. The molecule has 0 spiro atoms. The third-order valence-corrected chi connectivity index (χ3v) is 4.55. The summed E-state index contributed by atoms with van der Waals surface area (Å²) in [6.45, 7) is 0.913. The Balaban J connectivity index is 1.75. The van der Waals surface area contributed by atoms with Gasteiger partial charge in [0.2, 0.25) is 5.91 Å². The summed E-state index contributed by atoms with van der Waals surface area (Å²) in [4.78, 5) is 13.6. The van der Waals surface area contributed by atoms with E-state index in [9.17, 15) is 13.6 Å². The van der Waals surface area contributed by atoms with Crippen molar-refractivity contribution in [2.45, 2.75) is 6.42 Å². The number of anilines is 2. The SMILES string of the molecule is CN(C)c1c(F)cc(NC(=O)Cc2cc3c(cc2Br)OCCO3)cc1F. The lowest BCUT2D eigenvalue weighted by Gasteiger charge is -2.20. The summed E-state index contributed by atoms with van der Waals surface area (Å²) in [5.41, 5.74) is 0.583. The molecule has 0 atom stereocenters. The Hall–Kier alpha value is -2.35. The van der Waals surface area contributed by atoms with Crippen LogP contribution in [0.25, 0.3) is 0 Å². The van der Waals surface area contributed by atoms with Crippen molar-refractivity contribution in [2.75, 3.05) is 37.5 Å². The number of nitrogens with one attached hydrogen (secondary N) is 1. The van der Waals surface area contributed by atoms with Gasteiger partial charge in [-0.25, -0.2) is 8.78 Å². The normalized spacial score (nSPS) is 12.7. The summed E-state index contributed by atoms with van der Waals surface area (Å²) < 4.78 is 39.7. The van der Waals surface area contributed by atoms with E-state index in [1.54, 1.807) is 26.2 Å². The quantitative estimate of drug-likeness (QED) is 0.808. The molecule has 1 heterocycles. The average Bonchev–Trinajstić information content (AvgIpc) is 2.54. The molecular formula is C18H17BrF2N2O3. The minimum absolute atomic E-state index is 0.00981. The van der Waals surface area contributed by atoms with Crippen LogP contribution in [-0.2, 0) is 11.2 Å². The molecule has 138 valence electrons. The highest BCUT2D eigenvalue weighted by atomic mass is 79.9. The maximum absolute atomic E-state index is 14.0. The predicted octanol–water partition coefficient (Wildman–Crippen LogP) is 3.75. The van der Waals surface area contributed by atoms with Crippen LogP contribution in [0.4, 0.5) is 20.2 Å². The van der Waals surface area contributed by atoms with Gasteiger partial charge in [0, 0.05) is 24.3 Å². The zero-order valence-electron chi connectivity index (χ0n) is 14.2. The number of rotatable bonds is 4. The first-order chi connectivity index (χ1) is 12.3. The third-order valence-electron chi connectivity index (χ3n) is 3.81. The van der Waals surface area contributed by atoms with Crippen LogP contribution in [0.2, 0.25) is 0 Å². The van der Waals surface area contributed by atoms with Gasteiger partial charge in [-0.3, -0.25) is 4.79 Å². The van der Waals surface area contributed by atoms with Gasteiger partial charge >= 0.3 is 0 Å². The van der Waals surface area contributed by atoms with Crippen molar-refractivity contribution >= 4 is 33.2 Å². The minimum Gasteiger partial charge on any atom is -0.486 e. The van der Waals surface area contributed by atoms with Crippen molar-refractivity contribution in [3.05, 3.63) is 45.9 Å². The molecule has 1 aliphatic rings. The van der Waals surface area contributed by atoms with Crippen LogP contribution in [0.3, 0.4) is 0 Å². The van der Waals surface area contributed by atoms with Crippen LogP contribution in [0, 0.1) is 11.6 Å². The van der Waals surface area contributed by atoms with E-state index in [1.165, 1.54) is 4.90 Å². The molecule has 0 radical (unpaired) electrons. The Morgan fingerprint density at radius 3 is 2.27 bits per heavy atom. The Morgan fingerprint density at radius 2 is 1.69 bits per heavy atom. The molecule has 1 N–H and O–H groups in total. The highest BCUT2D eigenvalue weighted by molar-refractivity contribution is 9.10. The summed E-state index contributed by atoms with van der Waals surface area (Å²) in [5, 5.41) is 2.52. The number of amides is 1. The van der Waals surface area contributed by atoms with Crippen LogP contribution in [0.1, 0.15) is 5.56 Å². The van der Waals surface area contributed by atoms with Crippen LogP contribution in [-0.4, -0.2) is 33.2 Å². The van der Waals surface area contributed by atoms with Gasteiger partial charge in [0.25, 0.3) is 0 Å². The fourth-order valence-corrected chi connectivity index (χ4v) is 3.15. The molecule has 2 aromatic carbocycles. The van der Waals surface area contributed by atoms with Crippen LogP contribution >= 0.6 is 15.9 Å². The van der Waals surface area contributed by atoms with Gasteiger partial charge in [-0.1, -0.05) is 15.9 Å². The molecule has 0 saturated carbocycles. The summed E-state index contributed by atoms with van der Waals surface area (Å²) in [6, 6.07) is 5.64. The Morgan fingerprint density at radius 1 is 1.12 bits per heavy atom. The van der Waals surface area contributed by atoms with Gasteiger partial charge in [-0.2, -0.15) is 0 Å². The monoisotopic (exact) mass is 426 g/mol. The van der Waals surface area contributed by atoms with Gasteiger partial charge in [-0.15, -0.1) is 0 Å². The number of nitrogens with zero attached hydrogens (tertiary/aromatic N) is 1. The predicted molar refractivity (Wildman–Crippen MR) is 98.2 cm³/mol. The molecule has 1 aliphatic heterocycles. The molecule has 3 rings (SSSR count). The van der Waals surface area contributed by atoms with Gasteiger partial charge in [-0.05, 0) is 29.8 Å². The Labute approximate surface area is 158 Å². The largest absolute Gasteiger partial charge is 0.486 e. The van der Waals surface area contributed by atoms with Crippen LogP contribution in [0.5, 0.6) is 11.5 Å². The van der Waals surface area contributed by atoms with Gasteiger partial charge in [0.1, 0.15) is 18.9 Å². The number of fused-ring (bicyclic) bond motifs is 1. The third kappa shape index (κ3) is 3.90. The van der Waals surface area contributed by atoms with Crippen molar-refractivity contribution < 1.29 is 23.0 Å². The number of halogens is 3. The molecule has 1 amide bonds. The van der Waals surface area contributed by atoms with Crippen molar-refractivity contribution in [1.82, 2.24) is 0 Å². The summed E-state index contributed by atoms with van der Waals surface area (Å²) >= 11 is 3.40.